The Balaban J connectivity index is 1.85. The van der Waals surface area contributed by atoms with Gasteiger partial charge >= 0.3 is 11.1 Å². The van der Waals surface area contributed by atoms with Gasteiger partial charge in [-0.2, -0.15) is 0 Å². The van der Waals surface area contributed by atoms with E-state index in [2.05, 4.69) is 21.2 Å². The maximum atomic E-state index is 12.4. The predicted molar refractivity (Wildman–Crippen MR) is 104 cm³/mol. The number of nitrogens with zero attached hydrogens (tertiary/aromatic N) is 2. The number of aryl methyl sites for hydroxylation is 1. The lowest BCUT2D eigenvalue weighted by Crippen LogP contribution is -2.41. The van der Waals surface area contributed by atoms with Gasteiger partial charge in [0.15, 0.2) is 0 Å². The minimum Gasteiger partial charge on any atom is -0.324 e. The van der Waals surface area contributed by atoms with Crippen molar-refractivity contribution in [1.82, 2.24) is 9.13 Å². The maximum absolute atomic E-state index is 12.4. The van der Waals surface area contributed by atoms with Crippen molar-refractivity contribution < 1.29 is 4.79 Å². The monoisotopic (exact) mass is 413 g/mol. The Morgan fingerprint density at radius 2 is 1.81 bits per heavy atom. The first-order valence-electron chi connectivity index (χ1n) is 7.89. The molecule has 0 spiro atoms. The molecule has 0 atom stereocenters. The van der Waals surface area contributed by atoms with Crippen LogP contribution in [0.3, 0.4) is 0 Å². The van der Waals surface area contributed by atoms with Gasteiger partial charge in [-0.1, -0.05) is 40.2 Å². The molecule has 0 saturated carbocycles. The van der Waals surface area contributed by atoms with Gasteiger partial charge in [-0.05, 0) is 36.8 Å². The molecule has 0 saturated heterocycles. The first-order valence-corrected chi connectivity index (χ1v) is 8.68. The summed E-state index contributed by atoms with van der Waals surface area (Å²) in [6.45, 7) is 1.62. The first kappa shape index (κ1) is 17.9. The van der Waals surface area contributed by atoms with Crippen molar-refractivity contribution in [2.75, 3.05) is 5.32 Å². The van der Waals surface area contributed by atoms with Crippen LogP contribution < -0.4 is 16.4 Å². The molecule has 0 aliphatic rings. The van der Waals surface area contributed by atoms with Crippen molar-refractivity contribution >= 4 is 27.5 Å². The Morgan fingerprint density at radius 3 is 2.54 bits per heavy atom. The molecular formula is C19H16BrN3O3. The van der Waals surface area contributed by atoms with Crippen LogP contribution in [-0.2, 0) is 11.3 Å². The summed E-state index contributed by atoms with van der Waals surface area (Å²) in [5.74, 6) is -0.391. The molecule has 1 amide bonds. The number of rotatable bonds is 4. The average molecular weight is 414 g/mol. The van der Waals surface area contributed by atoms with Gasteiger partial charge < -0.3 is 5.32 Å². The molecular weight excluding hydrogens is 398 g/mol. The van der Waals surface area contributed by atoms with Crippen molar-refractivity contribution in [3.8, 4) is 5.69 Å². The van der Waals surface area contributed by atoms with E-state index in [0.29, 0.717) is 11.4 Å². The van der Waals surface area contributed by atoms with Crippen LogP contribution in [0, 0.1) is 6.92 Å². The maximum Gasteiger partial charge on any atom is 0.320 e. The number of benzene rings is 2. The standard InChI is InChI=1S/C19H16BrN3O3/c1-13-5-2-3-8-16(13)23-10-9-22(18(25)19(23)26)12-17(24)21-15-7-4-6-14(20)11-15/h2-11H,12H2,1H3,(H,21,24). The van der Waals surface area contributed by atoms with E-state index in [9.17, 15) is 14.4 Å². The molecule has 0 aliphatic heterocycles. The third-order valence-corrected chi connectivity index (χ3v) is 4.35. The van der Waals surface area contributed by atoms with Crippen molar-refractivity contribution in [3.63, 3.8) is 0 Å². The second kappa shape index (κ2) is 7.53. The van der Waals surface area contributed by atoms with Gasteiger partial charge in [0, 0.05) is 22.6 Å². The third-order valence-electron chi connectivity index (χ3n) is 3.86. The van der Waals surface area contributed by atoms with E-state index < -0.39 is 17.0 Å². The van der Waals surface area contributed by atoms with E-state index in [1.165, 1.54) is 17.0 Å². The fourth-order valence-electron chi connectivity index (χ4n) is 2.58. The molecule has 0 bridgehead atoms. The normalized spacial score (nSPS) is 10.5. The Bertz CT molecular complexity index is 1090. The molecule has 7 heteroatoms. The highest BCUT2D eigenvalue weighted by molar-refractivity contribution is 9.10. The van der Waals surface area contributed by atoms with E-state index in [0.717, 1.165) is 14.6 Å². The van der Waals surface area contributed by atoms with Gasteiger partial charge in [-0.15, -0.1) is 0 Å². The molecule has 0 radical (unpaired) electrons. The molecule has 2 aromatic carbocycles. The number of amides is 1. The van der Waals surface area contributed by atoms with Gasteiger partial charge in [0.25, 0.3) is 0 Å². The summed E-state index contributed by atoms with van der Waals surface area (Å²) < 4.78 is 3.22. The number of hydrogen-bond acceptors (Lipinski definition) is 3. The third kappa shape index (κ3) is 3.83. The fourth-order valence-corrected chi connectivity index (χ4v) is 2.98. The van der Waals surface area contributed by atoms with Crippen molar-refractivity contribution in [2.45, 2.75) is 13.5 Å². The molecule has 3 aromatic rings. The summed E-state index contributed by atoms with van der Waals surface area (Å²) in [4.78, 5) is 36.9. The number of carbonyl (C=O) groups is 1. The number of anilines is 1. The highest BCUT2D eigenvalue weighted by Crippen LogP contribution is 2.15. The summed E-state index contributed by atoms with van der Waals surface area (Å²) in [5, 5.41) is 2.70. The van der Waals surface area contributed by atoms with Crippen molar-refractivity contribution in [3.05, 3.63) is 91.7 Å². The largest absolute Gasteiger partial charge is 0.324 e. The zero-order chi connectivity index (χ0) is 18.7. The Labute approximate surface area is 157 Å². The predicted octanol–water partition coefficient (Wildman–Crippen LogP) is 2.71. The van der Waals surface area contributed by atoms with E-state index >= 15 is 0 Å². The van der Waals surface area contributed by atoms with Crippen LogP contribution in [0.25, 0.3) is 5.69 Å². The molecule has 1 N–H and O–H groups in total. The number of hydrogen-bond donors (Lipinski definition) is 1. The SMILES string of the molecule is Cc1ccccc1-n1ccn(CC(=O)Nc2cccc(Br)c2)c(=O)c1=O. The van der Waals surface area contributed by atoms with Gasteiger partial charge in [0.2, 0.25) is 5.91 Å². The van der Waals surface area contributed by atoms with Crippen LogP contribution in [0.4, 0.5) is 5.69 Å². The van der Waals surface area contributed by atoms with Crippen LogP contribution in [0.15, 0.2) is 75.0 Å². The molecule has 0 unspecified atom stereocenters. The van der Waals surface area contributed by atoms with Crippen LogP contribution >= 0.6 is 15.9 Å². The molecule has 0 fully saturated rings. The van der Waals surface area contributed by atoms with E-state index in [-0.39, 0.29) is 6.54 Å². The molecule has 132 valence electrons. The second-order valence-electron chi connectivity index (χ2n) is 5.75. The van der Waals surface area contributed by atoms with Crippen LogP contribution in [0.1, 0.15) is 5.56 Å². The lowest BCUT2D eigenvalue weighted by atomic mass is 10.2. The molecule has 3 rings (SSSR count). The number of nitrogens with one attached hydrogen (secondary N) is 1. The number of aromatic nitrogens is 2. The van der Waals surface area contributed by atoms with Gasteiger partial charge in [0.1, 0.15) is 6.54 Å². The minimum absolute atomic E-state index is 0.241. The molecule has 6 nitrogen and oxygen atoms in total. The average Bonchev–Trinajstić information content (AvgIpc) is 2.60. The molecule has 26 heavy (non-hydrogen) atoms. The Kier molecular flexibility index (Phi) is 5.18. The van der Waals surface area contributed by atoms with Crippen LogP contribution in [-0.4, -0.2) is 15.0 Å². The Morgan fingerprint density at radius 1 is 1.04 bits per heavy atom. The quantitative estimate of drug-likeness (QED) is 0.668. The number of carbonyl (C=O) groups excluding carboxylic acids is 1. The molecule has 1 aromatic heterocycles. The van der Waals surface area contributed by atoms with E-state index in [1.54, 1.807) is 30.3 Å². The van der Waals surface area contributed by atoms with Gasteiger partial charge in [-0.3, -0.25) is 23.5 Å². The second-order valence-corrected chi connectivity index (χ2v) is 6.67. The topological polar surface area (TPSA) is 73.1 Å². The highest BCUT2D eigenvalue weighted by atomic mass is 79.9. The van der Waals surface area contributed by atoms with E-state index in [4.69, 9.17) is 0 Å². The zero-order valence-electron chi connectivity index (χ0n) is 14.0. The van der Waals surface area contributed by atoms with Gasteiger partial charge in [-0.25, -0.2) is 0 Å². The number of para-hydroxylation sites is 1. The lowest BCUT2D eigenvalue weighted by molar-refractivity contribution is -0.116. The summed E-state index contributed by atoms with van der Waals surface area (Å²) >= 11 is 3.33. The summed E-state index contributed by atoms with van der Waals surface area (Å²) in [6, 6.07) is 14.4. The Hall–Kier alpha value is -2.93. The first-order chi connectivity index (χ1) is 12.5. The summed E-state index contributed by atoms with van der Waals surface area (Å²) in [6.07, 6.45) is 2.94. The van der Waals surface area contributed by atoms with Crippen molar-refractivity contribution in [1.29, 1.82) is 0 Å². The van der Waals surface area contributed by atoms with Crippen LogP contribution in [0.5, 0.6) is 0 Å². The van der Waals surface area contributed by atoms with E-state index in [1.807, 2.05) is 25.1 Å². The minimum atomic E-state index is -0.750. The van der Waals surface area contributed by atoms with Gasteiger partial charge in [0.05, 0.1) is 5.69 Å². The lowest BCUT2D eigenvalue weighted by Gasteiger charge is -2.11. The van der Waals surface area contributed by atoms with Crippen molar-refractivity contribution in [2.24, 2.45) is 0 Å². The fraction of sp³-hybridized carbons (Fsp3) is 0.105. The smallest absolute Gasteiger partial charge is 0.320 e. The molecule has 1 heterocycles. The number of halogens is 1. The van der Waals surface area contributed by atoms with Crippen LogP contribution in [0.2, 0.25) is 0 Å². The zero-order valence-corrected chi connectivity index (χ0v) is 15.6. The highest BCUT2D eigenvalue weighted by Gasteiger charge is 2.11. The summed E-state index contributed by atoms with van der Waals surface area (Å²) in [7, 11) is 0. The summed E-state index contributed by atoms with van der Waals surface area (Å²) in [5.41, 5.74) is 0.669. The molecule has 0 aliphatic carbocycles.